The van der Waals surface area contributed by atoms with Gasteiger partial charge < -0.3 is 10.1 Å². The molecule has 0 unspecified atom stereocenters. The third-order valence-corrected chi connectivity index (χ3v) is 4.08. The number of hydrogen-bond acceptors (Lipinski definition) is 3. The first kappa shape index (κ1) is 15.4. The molecule has 0 fully saturated rings. The number of carbonyl (C=O) groups excluding carboxylic acids is 1. The van der Waals surface area contributed by atoms with Gasteiger partial charge in [0.1, 0.15) is 5.75 Å². The van der Waals surface area contributed by atoms with Crippen molar-refractivity contribution in [2.24, 2.45) is 0 Å². The lowest BCUT2D eigenvalue weighted by Crippen LogP contribution is -2.15. The highest BCUT2D eigenvalue weighted by Crippen LogP contribution is 2.23. The molecule has 0 heterocycles. The van der Waals surface area contributed by atoms with Gasteiger partial charge >= 0.3 is 0 Å². The lowest BCUT2D eigenvalue weighted by molar-refractivity contribution is -0.113. The molecule has 4 heteroatoms. The topological polar surface area (TPSA) is 38.3 Å². The van der Waals surface area contributed by atoms with Crippen LogP contribution in [0.5, 0.6) is 5.75 Å². The first-order valence-corrected chi connectivity index (χ1v) is 7.86. The minimum Gasteiger partial charge on any atom is -0.497 e. The number of anilines is 1. The quantitative estimate of drug-likeness (QED) is 0.820. The van der Waals surface area contributed by atoms with E-state index in [2.05, 4.69) is 12.2 Å². The van der Waals surface area contributed by atoms with Crippen LogP contribution in [0.15, 0.2) is 53.4 Å². The Hall–Kier alpha value is -1.94. The maximum absolute atomic E-state index is 12.0. The number of methoxy groups -OCH3 is 1. The first-order valence-electron chi connectivity index (χ1n) is 6.87. The SMILES string of the molecule is CCc1ccccc1NC(=O)CSc1cccc(OC)c1. The van der Waals surface area contributed by atoms with Crippen LogP contribution >= 0.6 is 11.8 Å². The van der Waals surface area contributed by atoms with E-state index >= 15 is 0 Å². The number of para-hydroxylation sites is 1. The summed E-state index contributed by atoms with van der Waals surface area (Å²) >= 11 is 1.50. The van der Waals surface area contributed by atoms with E-state index in [0.717, 1.165) is 28.3 Å². The minimum atomic E-state index is 0.00344. The predicted octanol–water partition coefficient (Wildman–Crippen LogP) is 3.99. The van der Waals surface area contributed by atoms with Crippen LogP contribution < -0.4 is 10.1 Å². The fraction of sp³-hybridized carbons (Fsp3) is 0.235. The smallest absolute Gasteiger partial charge is 0.234 e. The Bertz CT molecular complexity index is 613. The Morgan fingerprint density at radius 2 is 2.00 bits per heavy atom. The Morgan fingerprint density at radius 1 is 1.19 bits per heavy atom. The van der Waals surface area contributed by atoms with Crippen LogP contribution in [0.1, 0.15) is 12.5 Å². The highest BCUT2D eigenvalue weighted by molar-refractivity contribution is 8.00. The van der Waals surface area contributed by atoms with Crippen molar-refractivity contribution in [2.75, 3.05) is 18.2 Å². The summed E-state index contributed by atoms with van der Waals surface area (Å²) in [5, 5.41) is 2.97. The van der Waals surface area contributed by atoms with E-state index in [1.165, 1.54) is 11.8 Å². The van der Waals surface area contributed by atoms with E-state index in [-0.39, 0.29) is 5.91 Å². The molecular weight excluding hydrogens is 282 g/mol. The molecule has 0 aliphatic rings. The monoisotopic (exact) mass is 301 g/mol. The molecule has 110 valence electrons. The van der Waals surface area contributed by atoms with E-state index in [1.54, 1.807) is 7.11 Å². The van der Waals surface area contributed by atoms with Gasteiger partial charge in [-0.15, -0.1) is 11.8 Å². The molecule has 0 atom stereocenters. The average Bonchev–Trinajstić information content (AvgIpc) is 2.53. The number of amides is 1. The molecule has 0 spiro atoms. The third-order valence-electron chi connectivity index (χ3n) is 3.08. The van der Waals surface area contributed by atoms with Crippen molar-refractivity contribution in [3.63, 3.8) is 0 Å². The molecule has 0 aromatic heterocycles. The molecule has 0 bridgehead atoms. The molecule has 1 N–H and O–H groups in total. The largest absolute Gasteiger partial charge is 0.497 e. The zero-order valence-corrected chi connectivity index (χ0v) is 13.1. The van der Waals surface area contributed by atoms with E-state index in [1.807, 2.05) is 48.5 Å². The van der Waals surface area contributed by atoms with Crippen LogP contribution in [0.3, 0.4) is 0 Å². The van der Waals surface area contributed by atoms with Crippen molar-refractivity contribution in [3.8, 4) is 5.75 Å². The summed E-state index contributed by atoms with van der Waals surface area (Å²) in [5.41, 5.74) is 2.05. The molecule has 1 amide bonds. The van der Waals surface area contributed by atoms with Crippen molar-refractivity contribution in [3.05, 3.63) is 54.1 Å². The maximum atomic E-state index is 12.0. The van der Waals surface area contributed by atoms with Gasteiger partial charge in [-0.25, -0.2) is 0 Å². The number of nitrogens with one attached hydrogen (secondary N) is 1. The van der Waals surface area contributed by atoms with Gasteiger partial charge in [-0.1, -0.05) is 31.2 Å². The Kier molecular flexibility index (Phi) is 5.69. The summed E-state index contributed by atoms with van der Waals surface area (Å²) in [6, 6.07) is 15.6. The molecule has 0 aliphatic carbocycles. The van der Waals surface area contributed by atoms with Crippen LogP contribution in [-0.4, -0.2) is 18.8 Å². The van der Waals surface area contributed by atoms with E-state index in [0.29, 0.717) is 5.75 Å². The van der Waals surface area contributed by atoms with E-state index < -0.39 is 0 Å². The van der Waals surface area contributed by atoms with Crippen molar-refractivity contribution in [1.29, 1.82) is 0 Å². The summed E-state index contributed by atoms with van der Waals surface area (Å²) in [6.45, 7) is 2.08. The second-order valence-corrected chi connectivity index (χ2v) is 5.58. The van der Waals surface area contributed by atoms with E-state index in [9.17, 15) is 4.79 Å². The zero-order chi connectivity index (χ0) is 15.1. The Morgan fingerprint density at radius 3 is 2.76 bits per heavy atom. The van der Waals surface area contributed by atoms with Gasteiger partial charge in [0.2, 0.25) is 5.91 Å². The Balaban J connectivity index is 1.92. The maximum Gasteiger partial charge on any atom is 0.234 e. The molecular formula is C17H19NO2S. The van der Waals surface area contributed by atoms with Gasteiger partial charge in [-0.2, -0.15) is 0 Å². The lowest BCUT2D eigenvalue weighted by Gasteiger charge is -2.09. The van der Waals surface area contributed by atoms with Crippen molar-refractivity contribution >= 4 is 23.4 Å². The van der Waals surface area contributed by atoms with Gasteiger partial charge in [0.15, 0.2) is 0 Å². The van der Waals surface area contributed by atoms with Crippen molar-refractivity contribution < 1.29 is 9.53 Å². The summed E-state index contributed by atoms with van der Waals surface area (Å²) in [4.78, 5) is 13.1. The van der Waals surface area contributed by atoms with Crippen LogP contribution in [0.25, 0.3) is 0 Å². The molecule has 2 aromatic carbocycles. The van der Waals surface area contributed by atoms with Gasteiger partial charge in [0.25, 0.3) is 0 Å². The molecule has 2 aromatic rings. The van der Waals surface area contributed by atoms with Gasteiger partial charge in [-0.05, 0) is 36.2 Å². The molecule has 0 saturated carbocycles. The highest BCUT2D eigenvalue weighted by atomic mass is 32.2. The second kappa shape index (κ2) is 7.74. The lowest BCUT2D eigenvalue weighted by atomic mass is 10.1. The van der Waals surface area contributed by atoms with Gasteiger partial charge in [-0.3, -0.25) is 4.79 Å². The highest BCUT2D eigenvalue weighted by Gasteiger charge is 2.06. The molecule has 0 radical (unpaired) electrons. The average molecular weight is 301 g/mol. The fourth-order valence-electron chi connectivity index (χ4n) is 1.98. The molecule has 0 aliphatic heterocycles. The van der Waals surface area contributed by atoms with Crippen LogP contribution in [0.2, 0.25) is 0 Å². The zero-order valence-electron chi connectivity index (χ0n) is 12.3. The second-order valence-electron chi connectivity index (χ2n) is 4.53. The number of rotatable bonds is 6. The van der Waals surface area contributed by atoms with E-state index in [4.69, 9.17) is 4.74 Å². The number of carbonyl (C=O) groups is 1. The van der Waals surface area contributed by atoms with Gasteiger partial charge in [0, 0.05) is 10.6 Å². The summed E-state index contributed by atoms with van der Waals surface area (Å²) in [5.74, 6) is 1.19. The normalized spacial score (nSPS) is 10.2. The van der Waals surface area contributed by atoms with Crippen LogP contribution in [0, 0.1) is 0 Å². The number of thioether (sulfide) groups is 1. The predicted molar refractivity (Wildman–Crippen MR) is 88.2 cm³/mol. The molecule has 21 heavy (non-hydrogen) atoms. The van der Waals surface area contributed by atoms with Crippen LogP contribution in [0.4, 0.5) is 5.69 Å². The number of hydrogen-bond donors (Lipinski definition) is 1. The first-order chi connectivity index (χ1) is 10.2. The van der Waals surface area contributed by atoms with Crippen molar-refractivity contribution in [2.45, 2.75) is 18.2 Å². The third kappa shape index (κ3) is 4.53. The molecule has 2 rings (SSSR count). The summed E-state index contributed by atoms with van der Waals surface area (Å²) < 4.78 is 5.17. The van der Waals surface area contributed by atoms with Crippen molar-refractivity contribution in [1.82, 2.24) is 0 Å². The summed E-state index contributed by atoms with van der Waals surface area (Å²) in [7, 11) is 1.64. The number of aryl methyl sites for hydroxylation is 1. The fourth-order valence-corrected chi connectivity index (χ4v) is 2.72. The molecule has 3 nitrogen and oxygen atoms in total. The number of ether oxygens (including phenoxy) is 1. The number of benzene rings is 2. The Labute approximate surface area is 129 Å². The van der Waals surface area contributed by atoms with Crippen LogP contribution in [-0.2, 0) is 11.2 Å². The summed E-state index contributed by atoms with van der Waals surface area (Å²) in [6.07, 6.45) is 0.902. The minimum absolute atomic E-state index is 0.00344. The molecule has 0 saturated heterocycles. The standard InChI is InChI=1S/C17H19NO2S/c1-3-13-7-4-5-10-16(13)18-17(19)12-21-15-9-6-8-14(11-15)20-2/h4-11H,3,12H2,1-2H3,(H,18,19). The van der Waals surface area contributed by atoms with Gasteiger partial charge in [0.05, 0.1) is 12.9 Å².